The number of fused-ring (bicyclic) bond motifs is 1. The lowest BCUT2D eigenvalue weighted by atomic mass is 10.2. The summed E-state index contributed by atoms with van der Waals surface area (Å²) in [4.78, 5) is 4.75. The van der Waals surface area contributed by atoms with Gasteiger partial charge in [0.2, 0.25) is 0 Å². The van der Waals surface area contributed by atoms with Gasteiger partial charge < -0.3 is 8.98 Å². The fourth-order valence-corrected chi connectivity index (χ4v) is 2.69. The number of aromatic nitrogens is 2. The number of hydrogen-bond donors (Lipinski definition) is 0. The predicted molar refractivity (Wildman–Crippen MR) is 81.9 cm³/mol. The van der Waals surface area contributed by atoms with Crippen LogP contribution in [0.5, 0.6) is 0 Å². The fourth-order valence-electron chi connectivity index (χ4n) is 2.69. The molecule has 0 saturated carbocycles. The first-order chi connectivity index (χ1) is 10.2. The van der Waals surface area contributed by atoms with E-state index in [-0.39, 0.29) is 6.04 Å². The van der Waals surface area contributed by atoms with Crippen molar-refractivity contribution in [3.8, 4) is 17.5 Å². The second-order valence-corrected chi connectivity index (χ2v) is 5.33. The van der Waals surface area contributed by atoms with E-state index >= 15 is 0 Å². The van der Waals surface area contributed by atoms with Crippen LogP contribution in [0.4, 0.5) is 0 Å². The van der Waals surface area contributed by atoms with Crippen LogP contribution in [0.3, 0.4) is 0 Å². The van der Waals surface area contributed by atoms with Crippen molar-refractivity contribution >= 4 is 11.0 Å². The van der Waals surface area contributed by atoms with Crippen molar-refractivity contribution in [2.75, 3.05) is 0 Å². The summed E-state index contributed by atoms with van der Waals surface area (Å²) >= 11 is 0. The summed E-state index contributed by atoms with van der Waals surface area (Å²) in [6.45, 7) is 6.33. The molecule has 3 aromatic rings. The number of benzene rings is 1. The average Bonchev–Trinajstić information content (AvgIpc) is 3.09. The Balaban J connectivity index is 2.32. The normalized spacial score (nSPS) is 11.2. The Morgan fingerprint density at radius 3 is 2.81 bits per heavy atom. The lowest BCUT2D eigenvalue weighted by Gasteiger charge is -2.12. The van der Waals surface area contributed by atoms with Crippen LogP contribution in [0.1, 0.15) is 38.1 Å². The minimum absolute atomic E-state index is 0.276. The summed E-state index contributed by atoms with van der Waals surface area (Å²) in [6, 6.07) is 10.0. The minimum atomic E-state index is 0.276. The van der Waals surface area contributed by atoms with Crippen LogP contribution in [0.2, 0.25) is 0 Å². The van der Waals surface area contributed by atoms with E-state index in [1.165, 1.54) is 0 Å². The van der Waals surface area contributed by atoms with Crippen molar-refractivity contribution in [1.29, 1.82) is 5.26 Å². The Kier molecular flexibility index (Phi) is 3.26. The van der Waals surface area contributed by atoms with Crippen LogP contribution in [-0.4, -0.2) is 9.55 Å². The SMILES string of the molecule is CCc1occc1-c1nc2cc(C#N)ccc2n1C(C)C. The van der Waals surface area contributed by atoms with Gasteiger partial charge in [0, 0.05) is 12.5 Å². The highest BCUT2D eigenvalue weighted by atomic mass is 16.3. The maximum Gasteiger partial charge on any atom is 0.144 e. The summed E-state index contributed by atoms with van der Waals surface area (Å²) in [7, 11) is 0. The second kappa shape index (κ2) is 5.10. The topological polar surface area (TPSA) is 54.8 Å². The monoisotopic (exact) mass is 279 g/mol. The van der Waals surface area contributed by atoms with Gasteiger partial charge in [-0.05, 0) is 38.1 Å². The number of furan rings is 1. The maximum absolute atomic E-state index is 9.05. The average molecular weight is 279 g/mol. The van der Waals surface area contributed by atoms with Gasteiger partial charge in [0.1, 0.15) is 11.6 Å². The lowest BCUT2D eigenvalue weighted by molar-refractivity contribution is 0.516. The van der Waals surface area contributed by atoms with Crippen LogP contribution in [0.15, 0.2) is 34.9 Å². The Morgan fingerprint density at radius 2 is 2.14 bits per heavy atom. The smallest absolute Gasteiger partial charge is 0.144 e. The van der Waals surface area contributed by atoms with Gasteiger partial charge in [-0.25, -0.2) is 4.98 Å². The van der Waals surface area contributed by atoms with Gasteiger partial charge in [-0.3, -0.25) is 0 Å². The second-order valence-electron chi connectivity index (χ2n) is 5.33. The van der Waals surface area contributed by atoms with Gasteiger partial charge in [-0.2, -0.15) is 5.26 Å². The molecule has 3 rings (SSSR count). The Bertz CT molecular complexity index is 833. The third kappa shape index (κ3) is 2.11. The molecule has 0 spiro atoms. The van der Waals surface area contributed by atoms with Crippen LogP contribution >= 0.6 is 0 Å². The van der Waals surface area contributed by atoms with Crippen molar-refractivity contribution in [3.05, 3.63) is 41.9 Å². The van der Waals surface area contributed by atoms with E-state index in [1.807, 2.05) is 24.3 Å². The number of hydrogen-bond acceptors (Lipinski definition) is 3. The standard InChI is InChI=1S/C17H17N3O/c1-4-16-13(7-8-21-16)17-19-14-9-12(10-18)5-6-15(14)20(17)11(2)3/h5-9,11H,4H2,1-3H3. The molecule has 0 aliphatic rings. The van der Waals surface area contributed by atoms with Crippen molar-refractivity contribution in [3.63, 3.8) is 0 Å². The van der Waals surface area contributed by atoms with E-state index in [9.17, 15) is 0 Å². The number of imidazole rings is 1. The molecule has 1 aromatic carbocycles. The van der Waals surface area contributed by atoms with Crippen molar-refractivity contribution < 1.29 is 4.42 Å². The van der Waals surface area contributed by atoms with Crippen LogP contribution < -0.4 is 0 Å². The fraction of sp³-hybridized carbons (Fsp3) is 0.294. The van der Waals surface area contributed by atoms with E-state index in [0.29, 0.717) is 5.56 Å². The first-order valence-electron chi connectivity index (χ1n) is 7.14. The third-order valence-corrected chi connectivity index (χ3v) is 3.64. The summed E-state index contributed by atoms with van der Waals surface area (Å²) in [5.74, 6) is 1.84. The first kappa shape index (κ1) is 13.4. The summed E-state index contributed by atoms with van der Waals surface area (Å²) < 4.78 is 7.73. The number of nitrogens with zero attached hydrogens (tertiary/aromatic N) is 3. The zero-order valence-corrected chi connectivity index (χ0v) is 12.4. The zero-order chi connectivity index (χ0) is 15.0. The number of rotatable bonds is 3. The Hall–Kier alpha value is -2.54. The Labute approximate surface area is 123 Å². The molecule has 4 heteroatoms. The van der Waals surface area contributed by atoms with Crippen molar-refractivity contribution in [2.45, 2.75) is 33.2 Å². The van der Waals surface area contributed by atoms with Crippen LogP contribution in [0.25, 0.3) is 22.4 Å². The van der Waals surface area contributed by atoms with Gasteiger partial charge in [0.25, 0.3) is 0 Å². The molecule has 2 aromatic heterocycles. The molecule has 0 N–H and O–H groups in total. The molecule has 0 bridgehead atoms. The molecule has 0 saturated heterocycles. The van der Waals surface area contributed by atoms with Gasteiger partial charge in [0.15, 0.2) is 0 Å². The molecule has 0 fully saturated rings. The number of nitriles is 1. The van der Waals surface area contributed by atoms with E-state index in [0.717, 1.165) is 34.6 Å². The van der Waals surface area contributed by atoms with E-state index in [1.54, 1.807) is 6.26 Å². The molecule has 4 nitrogen and oxygen atoms in total. The highest BCUT2D eigenvalue weighted by molar-refractivity contribution is 5.82. The summed E-state index contributed by atoms with van der Waals surface area (Å²) in [5, 5.41) is 9.05. The molecule has 21 heavy (non-hydrogen) atoms. The zero-order valence-electron chi connectivity index (χ0n) is 12.4. The number of aryl methyl sites for hydroxylation is 1. The molecule has 2 heterocycles. The quantitative estimate of drug-likeness (QED) is 0.717. The third-order valence-electron chi connectivity index (χ3n) is 3.64. The summed E-state index contributed by atoms with van der Waals surface area (Å²) in [6.07, 6.45) is 2.53. The molecule has 0 amide bonds. The largest absolute Gasteiger partial charge is 0.469 e. The molecule has 106 valence electrons. The maximum atomic E-state index is 9.05. The molecule has 0 aliphatic carbocycles. The minimum Gasteiger partial charge on any atom is -0.469 e. The van der Waals surface area contributed by atoms with Gasteiger partial charge in [-0.1, -0.05) is 6.92 Å². The van der Waals surface area contributed by atoms with Gasteiger partial charge >= 0.3 is 0 Å². The lowest BCUT2D eigenvalue weighted by Crippen LogP contribution is -2.03. The Morgan fingerprint density at radius 1 is 1.33 bits per heavy atom. The molecule has 0 radical (unpaired) electrons. The molecule has 0 aliphatic heterocycles. The molecule has 0 unspecified atom stereocenters. The predicted octanol–water partition coefficient (Wildman–Crippen LogP) is 4.31. The highest BCUT2D eigenvalue weighted by Gasteiger charge is 2.18. The summed E-state index contributed by atoms with van der Waals surface area (Å²) in [5.41, 5.74) is 3.55. The molecular formula is C17H17N3O. The molecular weight excluding hydrogens is 262 g/mol. The first-order valence-corrected chi connectivity index (χ1v) is 7.14. The van der Waals surface area contributed by atoms with E-state index in [4.69, 9.17) is 14.7 Å². The van der Waals surface area contributed by atoms with Gasteiger partial charge in [-0.15, -0.1) is 0 Å². The van der Waals surface area contributed by atoms with Crippen molar-refractivity contribution in [2.24, 2.45) is 0 Å². The molecule has 0 atom stereocenters. The van der Waals surface area contributed by atoms with Crippen LogP contribution in [0, 0.1) is 11.3 Å². The van der Waals surface area contributed by atoms with E-state index in [2.05, 4.69) is 31.4 Å². The highest BCUT2D eigenvalue weighted by Crippen LogP contribution is 2.31. The van der Waals surface area contributed by atoms with E-state index < -0.39 is 0 Å². The van der Waals surface area contributed by atoms with Crippen LogP contribution in [-0.2, 0) is 6.42 Å². The van der Waals surface area contributed by atoms with Gasteiger partial charge in [0.05, 0.1) is 34.5 Å². The van der Waals surface area contributed by atoms with Crippen molar-refractivity contribution in [1.82, 2.24) is 9.55 Å².